The lowest BCUT2D eigenvalue weighted by molar-refractivity contribution is -0.141. The first-order valence-corrected chi connectivity index (χ1v) is 11.2. The van der Waals surface area contributed by atoms with Crippen LogP contribution in [0.2, 0.25) is 0 Å². The Labute approximate surface area is 170 Å². The Hall–Kier alpha value is -2.94. The van der Waals surface area contributed by atoms with Gasteiger partial charge >= 0.3 is 5.97 Å². The van der Waals surface area contributed by atoms with Crippen molar-refractivity contribution in [1.29, 1.82) is 0 Å². The third kappa shape index (κ3) is 3.69. The highest BCUT2D eigenvalue weighted by Crippen LogP contribution is 2.45. The van der Waals surface area contributed by atoms with Gasteiger partial charge in [-0.1, -0.05) is 66.7 Å². The molecule has 0 amide bonds. The Morgan fingerprint density at radius 1 is 0.828 bits per heavy atom. The summed E-state index contributed by atoms with van der Waals surface area (Å²) in [6.07, 6.45) is 2.56. The molecule has 5 heteroatoms. The van der Waals surface area contributed by atoms with Crippen molar-refractivity contribution in [2.24, 2.45) is 0 Å². The number of carbonyl (C=O) groups excluding carboxylic acids is 1. The van der Waals surface area contributed by atoms with Crippen LogP contribution in [0.1, 0.15) is 12.5 Å². The minimum atomic E-state index is -3.26. The lowest BCUT2D eigenvalue weighted by Gasteiger charge is -2.39. The number of cyclic esters (lactones) is 1. The molecule has 1 aliphatic heterocycles. The first-order chi connectivity index (χ1) is 14.0. The van der Waals surface area contributed by atoms with Crippen LogP contribution < -0.4 is 15.7 Å². The van der Waals surface area contributed by atoms with Crippen LogP contribution in [-0.2, 0) is 19.6 Å². The van der Waals surface area contributed by atoms with E-state index in [0.29, 0.717) is 10.6 Å². The summed E-state index contributed by atoms with van der Waals surface area (Å²) in [5.41, 5.74) is -0.0121. The summed E-state index contributed by atoms with van der Waals surface area (Å²) in [5, 5.41) is 4.84. The molecular formula is C24H22NO3P. The Balaban J connectivity index is 1.87. The van der Waals surface area contributed by atoms with Crippen LogP contribution in [0.5, 0.6) is 0 Å². The van der Waals surface area contributed by atoms with Gasteiger partial charge in [0.1, 0.15) is 6.10 Å². The van der Waals surface area contributed by atoms with Gasteiger partial charge in [0, 0.05) is 16.7 Å². The van der Waals surface area contributed by atoms with E-state index in [1.165, 1.54) is 6.08 Å². The smallest absolute Gasteiger partial charge is 0.331 e. The minimum Gasteiger partial charge on any atom is -0.453 e. The number of carbonyl (C=O) groups is 1. The van der Waals surface area contributed by atoms with Crippen molar-refractivity contribution in [3.8, 4) is 0 Å². The molecule has 2 atom stereocenters. The largest absolute Gasteiger partial charge is 0.453 e. The maximum absolute atomic E-state index is 14.6. The average molecular weight is 403 g/mol. The monoisotopic (exact) mass is 403 g/mol. The summed E-state index contributed by atoms with van der Waals surface area (Å²) >= 11 is 0. The lowest BCUT2D eigenvalue weighted by Crippen LogP contribution is -2.50. The van der Waals surface area contributed by atoms with E-state index >= 15 is 0 Å². The highest BCUT2D eigenvalue weighted by molar-refractivity contribution is 7.77. The molecule has 0 radical (unpaired) electrons. The SMILES string of the molecule is C[C@](NP(=O)(c1ccccc1)c1ccccc1)(c1ccccc1)C1C=CC(=O)O1. The summed E-state index contributed by atoms with van der Waals surface area (Å²) in [6.45, 7) is 1.93. The van der Waals surface area contributed by atoms with Crippen molar-refractivity contribution in [3.05, 3.63) is 109 Å². The Kier molecular flexibility index (Phi) is 5.23. The summed E-state index contributed by atoms with van der Waals surface area (Å²) in [6, 6.07) is 28.4. The Morgan fingerprint density at radius 2 is 1.31 bits per heavy atom. The quantitative estimate of drug-likeness (QED) is 0.501. The summed E-state index contributed by atoms with van der Waals surface area (Å²) < 4.78 is 20.1. The average Bonchev–Trinajstić information content (AvgIpc) is 3.22. The molecule has 1 N–H and O–H groups in total. The Morgan fingerprint density at radius 3 is 1.76 bits per heavy atom. The number of rotatable bonds is 6. The van der Waals surface area contributed by atoms with Crippen LogP contribution >= 0.6 is 7.29 Å². The van der Waals surface area contributed by atoms with Crippen LogP contribution in [0.3, 0.4) is 0 Å². The van der Waals surface area contributed by atoms with Crippen molar-refractivity contribution in [2.45, 2.75) is 18.6 Å². The van der Waals surface area contributed by atoms with Crippen molar-refractivity contribution in [3.63, 3.8) is 0 Å². The molecule has 146 valence electrons. The predicted octanol–water partition coefficient (Wildman–Crippen LogP) is 3.90. The predicted molar refractivity (Wildman–Crippen MR) is 116 cm³/mol. The van der Waals surface area contributed by atoms with Gasteiger partial charge in [-0.3, -0.25) is 4.57 Å². The fourth-order valence-electron chi connectivity index (χ4n) is 3.64. The van der Waals surface area contributed by atoms with Crippen LogP contribution in [0, 0.1) is 0 Å². The molecule has 0 saturated carbocycles. The van der Waals surface area contributed by atoms with Gasteiger partial charge in [0.25, 0.3) is 0 Å². The van der Waals surface area contributed by atoms with E-state index in [4.69, 9.17) is 4.74 Å². The maximum atomic E-state index is 14.6. The molecule has 0 aromatic heterocycles. The summed E-state index contributed by atoms with van der Waals surface area (Å²) in [4.78, 5) is 11.8. The fraction of sp³-hybridized carbons (Fsp3) is 0.125. The van der Waals surface area contributed by atoms with E-state index in [1.54, 1.807) is 6.08 Å². The second kappa shape index (κ2) is 7.82. The zero-order valence-electron chi connectivity index (χ0n) is 16.1. The van der Waals surface area contributed by atoms with Crippen LogP contribution in [0.25, 0.3) is 0 Å². The van der Waals surface area contributed by atoms with E-state index in [0.717, 1.165) is 5.56 Å². The molecule has 1 aliphatic rings. The van der Waals surface area contributed by atoms with E-state index in [2.05, 4.69) is 5.09 Å². The first-order valence-electron chi connectivity index (χ1n) is 9.47. The fourth-order valence-corrected chi connectivity index (χ4v) is 6.29. The third-order valence-electron chi connectivity index (χ3n) is 5.22. The van der Waals surface area contributed by atoms with Gasteiger partial charge in [-0.05, 0) is 42.8 Å². The molecular weight excluding hydrogens is 381 g/mol. The number of hydrogen-bond acceptors (Lipinski definition) is 3. The molecule has 0 bridgehead atoms. The molecule has 4 nitrogen and oxygen atoms in total. The van der Waals surface area contributed by atoms with E-state index in [1.807, 2.05) is 97.9 Å². The number of esters is 1. The molecule has 1 heterocycles. The first kappa shape index (κ1) is 19.4. The molecule has 4 rings (SSSR count). The van der Waals surface area contributed by atoms with Crippen LogP contribution in [0.4, 0.5) is 0 Å². The normalized spacial score (nSPS) is 18.2. The molecule has 0 aliphatic carbocycles. The highest BCUT2D eigenvalue weighted by atomic mass is 31.2. The number of ether oxygens (including phenoxy) is 1. The number of benzene rings is 3. The van der Waals surface area contributed by atoms with Gasteiger partial charge in [-0.2, -0.15) is 0 Å². The molecule has 3 aromatic carbocycles. The van der Waals surface area contributed by atoms with E-state index in [-0.39, 0.29) is 0 Å². The number of nitrogens with one attached hydrogen (secondary N) is 1. The molecule has 0 saturated heterocycles. The lowest BCUT2D eigenvalue weighted by atomic mass is 9.87. The van der Waals surface area contributed by atoms with Gasteiger partial charge in [0.2, 0.25) is 7.29 Å². The van der Waals surface area contributed by atoms with Crippen molar-refractivity contribution < 1.29 is 14.1 Å². The summed E-state index contributed by atoms with van der Waals surface area (Å²) in [7, 11) is -3.26. The van der Waals surface area contributed by atoms with E-state index in [9.17, 15) is 9.36 Å². The zero-order chi connectivity index (χ0) is 20.3. The zero-order valence-corrected chi connectivity index (χ0v) is 17.0. The second-order valence-corrected chi connectivity index (χ2v) is 9.65. The summed E-state index contributed by atoms with van der Waals surface area (Å²) in [5.74, 6) is -0.395. The molecule has 0 spiro atoms. The maximum Gasteiger partial charge on any atom is 0.331 e. The highest BCUT2D eigenvalue weighted by Gasteiger charge is 2.45. The van der Waals surface area contributed by atoms with E-state index < -0.39 is 24.9 Å². The molecule has 0 fully saturated rings. The molecule has 1 unspecified atom stereocenters. The topological polar surface area (TPSA) is 55.4 Å². The minimum absolute atomic E-state index is 0.395. The number of hydrogen-bond donors (Lipinski definition) is 1. The standard InChI is InChI=1S/C24H22NO3P/c1-24(19-11-5-2-6-12-19,22-17-18-23(26)28-22)25-29(27,20-13-7-3-8-14-20)21-15-9-4-10-16-21/h2-18,22H,1H3,(H,25,27)/t22?,24-/m0/s1. The molecule has 29 heavy (non-hydrogen) atoms. The second-order valence-electron chi connectivity index (χ2n) is 7.18. The van der Waals surface area contributed by atoms with Crippen molar-refractivity contribution >= 4 is 23.9 Å². The van der Waals surface area contributed by atoms with Crippen LogP contribution in [-0.4, -0.2) is 12.1 Å². The third-order valence-corrected chi connectivity index (χ3v) is 8.05. The van der Waals surface area contributed by atoms with Crippen LogP contribution in [0.15, 0.2) is 103 Å². The molecule has 3 aromatic rings. The van der Waals surface area contributed by atoms with Gasteiger partial charge in [-0.15, -0.1) is 0 Å². The van der Waals surface area contributed by atoms with Gasteiger partial charge in [0.15, 0.2) is 0 Å². The van der Waals surface area contributed by atoms with Gasteiger partial charge < -0.3 is 4.74 Å². The Bertz CT molecular complexity index is 1020. The van der Waals surface area contributed by atoms with Crippen molar-refractivity contribution in [1.82, 2.24) is 5.09 Å². The van der Waals surface area contributed by atoms with Gasteiger partial charge in [-0.25, -0.2) is 9.88 Å². The van der Waals surface area contributed by atoms with Gasteiger partial charge in [0.05, 0.1) is 5.54 Å². The van der Waals surface area contributed by atoms with Crippen molar-refractivity contribution in [2.75, 3.05) is 0 Å².